The topological polar surface area (TPSA) is 79.8 Å². The van der Waals surface area contributed by atoms with Gasteiger partial charge >= 0.3 is 0 Å². The molecule has 2 N–H and O–H groups in total. The highest BCUT2D eigenvalue weighted by atomic mass is 32.2. The molecule has 0 bridgehead atoms. The van der Waals surface area contributed by atoms with Gasteiger partial charge in [0.1, 0.15) is 0 Å². The summed E-state index contributed by atoms with van der Waals surface area (Å²) < 4.78 is 29.0. The summed E-state index contributed by atoms with van der Waals surface area (Å²) in [7, 11) is -1.25. The molecule has 2 unspecified atom stereocenters. The average Bonchev–Trinajstić information content (AvgIpc) is 2.53. The third kappa shape index (κ3) is 4.83. The predicted molar refractivity (Wildman–Crippen MR) is 95.7 cm³/mol. The zero-order valence-corrected chi connectivity index (χ0v) is 16.0. The van der Waals surface area contributed by atoms with E-state index >= 15 is 0 Å². The predicted octanol–water partition coefficient (Wildman–Crippen LogP) is 1.57. The van der Waals surface area contributed by atoms with Crippen molar-refractivity contribution >= 4 is 15.8 Å². The van der Waals surface area contributed by atoms with Crippen LogP contribution in [0.3, 0.4) is 0 Å². The fraction of sp³-hybridized carbons (Fsp3) is 0.938. The average molecular weight is 348 g/mol. The number of hydrogen-bond acceptors (Lipinski definition) is 4. The largest absolute Gasteiger partial charge is 0.378 e. The van der Waals surface area contributed by atoms with Crippen LogP contribution in [0.1, 0.15) is 47.0 Å². The second kappa shape index (κ2) is 8.87. The van der Waals surface area contributed by atoms with Crippen molar-refractivity contribution in [3.63, 3.8) is 0 Å². The summed E-state index contributed by atoms with van der Waals surface area (Å²) in [6.45, 7) is 9.22. The van der Waals surface area contributed by atoms with Crippen LogP contribution in [-0.4, -0.2) is 58.2 Å². The van der Waals surface area contributed by atoms with E-state index in [9.17, 15) is 8.42 Å². The Morgan fingerprint density at radius 3 is 2.39 bits per heavy atom. The first kappa shape index (κ1) is 20.2. The maximum atomic E-state index is 11.6. The summed E-state index contributed by atoms with van der Waals surface area (Å²) in [6, 6.07) is 0.308. The summed E-state index contributed by atoms with van der Waals surface area (Å²) in [5.74, 6) is 0.972. The molecule has 7 heteroatoms. The molecule has 0 spiro atoms. The maximum Gasteiger partial charge on any atom is 0.191 e. The van der Waals surface area contributed by atoms with Crippen molar-refractivity contribution in [3.8, 4) is 0 Å². The number of nitrogens with one attached hydrogen (secondary N) is 2. The lowest BCUT2D eigenvalue weighted by atomic mass is 9.58. The second-order valence-electron chi connectivity index (χ2n) is 6.05. The van der Waals surface area contributed by atoms with E-state index in [1.165, 1.54) is 0 Å². The van der Waals surface area contributed by atoms with Crippen LogP contribution in [0.5, 0.6) is 0 Å². The number of aliphatic imine (C=N–C) groups is 1. The molecule has 0 aliphatic heterocycles. The Labute approximate surface area is 141 Å². The molecule has 0 amide bonds. The van der Waals surface area contributed by atoms with Crippen molar-refractivity contribution in [2.45, 2.75) is 59.1 Å². The summed E-state index contributed by atoms with van der Waals surface area (Å²) in [5.41, 5.74) is 0.128. The number of sulfone groups is 1. The molecule has 0 aromatic heterocycles. The van der Waals surface area contributed by atoms with Crippen molar-refractivity contribution in [1.82, 2.24) is 10.6 Å². The summed E-state index contributed by atoms with van der Waals surface area (Å²) in [4.78, 5) is 4.22. The van der Waals surface area contributed by atoms with E-state index in [0.29, 0.717) is 24.7 Å². The summed E-state index contributed by atoms with van der Waals surface area (Å²) in [5, 5.41) is 6.56. The Kier molecular flexibility index (Phi) is 7.80. The van der Waals surface area contributed by atoms with Crippen LogP contribution in [0.15, 0.2) is 4.99 Å². The van der Waals surface area contributed by atoms with Gasteiger partial charge in [-0.1, -0.05) is 20.8 Å². The number of guanidine groups is 1. The molecule has 0 saturated heterocycles. The molecular formula is C16H33N3O3S. The van der Waals surface area contributed by atoms with Gasteiger partial charge in [0, 0.05) is 37.4 Å². The summed E-state index contributed by atoms with van der Waals surface area (Å²) in [6.07, 6.45) is 3.35. The summed E-state index contributed by atoms with van der Waals surface area (Å²) >= 11 is 0. The standard InChI is InChI=1S/C16H33N3O3S/c1-6-16(7-2)13(12-14(16)22-8-3)19-15(17-5)18-10-11-23(20,21)9-4/h13-14H,6-12H2,1-5H3,(H2,17,18,19). The molecule has 2 atom stereocenters. The minimum absolute atomic E-state index is 0.128. The van der Waals surface area contributed by atoms with Gasteiger partial charge < -0.3 is 15.4 Å². The third-order valence-corrected chi connectivity index (χ3v) is 6.86. The normalized spacial score (nSPS) is 24.1. The van der Waals surface area contributed by atoms with Crippen LogP contribution < -0.4 is 10.6 Å². The highest BCUT2D eigenvalue weighted by Gasteiger charge is 2.53. The Balaban J connectivity index is 2.59. The first-order chi connectivity index (χ1) is 10.9. The molecule has 1 saturated carbocycles. The van der Waals surface area contributed by atoms with Gasteiger partial charge in [-0.05, 0) is 26.2 Å². The van der Waals surface area contributed by atoms with Gasteiger partial charge in [0.2, 0.25) is 0 Å². The lowest BCUT2D eigenvalue weighted by Gasteiger charge is -2.55. The SMILES string of the molecule is CCOC1CC(NC(=NC)NCCS(=O)(=O)CC)C1(CC)CC. The van der Waals surface area contributed by atoms with E-state index in [1.807, 2.05) is 6.92 Å². The fourth-order valence-electron chi connectivity index (χ4n) is 3.41. The first-order valence-electron chi connectivity index (χ1n) is 8.68. The smallest absolute Gasteiger partial charge is 0.191 e. The van der Waals surface area contributed by atoms with Gasteiger partial charge in [0.05, 0.1) is 11.9 Å². The van der Waals surface area contributed by atoms with Crippen molar-refractivity contribution in [3.05, 3.63) is 0 Å². The van der Waals surface area contributed by atoms with E-state index in [1.54, 1.807) is 14.0 Å². The Bertz CT molecular complexity index is 487. The van der Waals surface area contributed by atoms with Gasteiger partial charge in [-0.3, -0.25) is 4.99 Å². The molecule has 0 heterocycles. The van der Waals surface area contributed by atoms with Crippen molar-refractivity contribution in [2.24, 2.45) is 10.4 Å². The Morgan fingerprint density at radius 1 is 1.26 bits per heavy atom. The van der Waals surface area contributed by atoms with E-state index in [-0.39, 0.29) is 16.9 Å². The van der Waals surface area contributed by atoms with Gasteiger partial charge in [-0.2, -0.15) is 0 Å². The molecule has 136 valence electrons. The van der Waals surface area contributed by atoms with Crippen molar-refractivity contribution in [1.29, 1.82) is 0 Å². The van der Waals surface area contributed by atoms with E-state index in [4.69, 9.17) is 4.74 Å². The van der Waals surface area contributed by atoms with Gasteiger partial charge in [-0.25, -0.2) is 8.42 Å². The first-order valence-corrected chi connectivity index (χ1v) is 10.5. The molecule has 1 fully saturated rings. The third-order valence-electron chi connectivity index (χ3n) is 5.15. The van der Waals surface area contributed by atoms with Gasteiger partial charge in [-0.15, -0.1) is 0 Å². The van der Waals surface area contributed by atoms with E-state index in [0.717, 1.165) is 25.9 Å². The van der Waals surface area contributed by atoms with Crippen LogP contribution in [-0.2, 0) is 14.6 Å². The highest BCUT2D eigenvalue weighted by molar-refractivity contribution is 7.91. The zero-order chi connectivity index (χ0) is 17.5. The molecular weight excluding hydrogens is 314 g/mol. The molecule has 1 rings (SSSR count). The van der Waals surface area contributed by atoms with Gasteiger partial charge in [0.25, 0.3) is 0 Å². The lowest BCUT2D eigenvalue weighted by Crippen LogP contribution is -2.65. The Morgan fingerprint density at radius 2 is 1.91 bits per heavy atom. The maximum absolute atomic E-state index is 11.6. The minimum atomic E-state index is -2.96. The van der Waals surface area contributed by atoms with Crippen LogP contribution in [0.4, 0.5) is 0 Å². The number of rotatable bonds is 9. The van der Waals surface area contributed by atoms with Crippen molar-refractivity contribution < 1.29 is 13.2 Å². The fourth-order valence-corrected chi connectivity index (χ4v) is 4.11. The number of hydrogen-bond donors (Lipinski definition) is 2. The van der Waals surface area contributed by atoms with Crippen LogP contribution in [0.2, 0.25) is 0 Å². The highest BCUT2D eigenvalue weighted by Crippen LogP contribution is 2.48. The monoisotopic (exact) mass is 347 g/mol. The van der Waals surface area contributed by atoms with E-state index < -0.39 is 9.84 Å². The molecule has 23 heavy (non-hydrogen) atoms. The number of nitrogens with zero attached hydrogens (tertiary/aromatic N) is 1. The molecule has 1 aliphatic carbocycles. The number of ether oxygens (including phenoxy) is 1. The quantitative estimate of drug-likeness (QED) is 0.489. The molecule has 1 aliphatic rings. The van der Waals surface area contributed by atoms with E-state index in [2.05, 4.69) is 29.5 Å². The minimum Gasteiger partial charge on any atom is -0.378 e. The Hall–Kier alpha value is -0.820. The van der Waals surface area contributed by atoms with Gasteiger partial charge in [0.15, 0.2) is 15.8 Å². The molecule has 6 nitrogen and oxygen atoms in total. The van der Waals surface area contributed by atoms with Crippen LogP contribution in [0, 0.1) is 5.41 Å². The zero-order valence-electron chi connectivity index (χ0n) is 15.2. The van der Waals surface area contributed by atoms with Crippen LogP contribution >= 0.6 is 0 Å². The van der Waals surface area contributed by atoms with Crippen molar-refractivity contribution in [2.75, 3.05) is 31.7 Å². The molecule has 0 aromatic carbocycles. The van der Waals surface area contributed by atoms with Crippen LogP contribution in [0.25, 0.3) is 0 Å². The molecule has 0 radical (unpaired) electrons. The second-order valence-corrected chi connectivity index (χ2v) is 8.52. The lowest BCUT2D eigenvalue weighted by molar-refractivity contribution is -0.133. The molecule has 0 aromatic rings.